The van der Waals surface area contributed by atoms with Crippen molar-refractivity contribution in [3.05, 3.63) is 18.0 Å². The van der Waals surface area contributed by atoms with Gasteiger partial charge in [0.25, 0.3) is 5.91 Å². The van der Waals surface area contributed by atoms with Gasteiger partial charge in [-0.1, -0.05) is 0 Å². The Kier molecular flexibility index (Phi) is 2.96. The maximum atomic E-state index is 12.1. The van der Waals surface area contributed by atoms with E-state index in [1.165, 1.54) is 23.9 Å². The maximum absolute atomic E-state index is 12.1. The van der Waals surface area contributed by atoms with Crippen molar-refractivity contribution in [3.8, 4) is 0 Å². The van der Waals surface area contributed by atoms with Gasteiger partial charge in [0.2, 0.25) is 10.0 Å². The van der Waals surface area contributed by atoms with Crippen LogP contribution in [0.2, 0.25) is 0 Å². The summed E-state index contributed by atoms with van der Waals surface area (Å²) in [5.41, 5.74) is 4.32. The van der Waals surface area contributed by atoms with Crippen molar-refractivity contribution >= 4 is 15.9 Å². The van der Waals surface area contributed by atoms with Crippen molar-refractivity contribution in [2.24, 2.45) is 12.8 Å². The van der Waals surface area contributed by atoms with E-state index >= 15 is 0 Å². The summed E-state index contributed by atoms with van der Waals surface area (Å²) < 4.78 is 28.1. The van der Waals surface area contributed by atoms with Crippen molar-refractivity contribution < 1.29 is 18.3 Å². The average molecular weight is 273 g/mol. The third-order valence-electron chi connectivity index (χ3n) is 3.07. The van der Waals surface area contributed by atoms with Crippen molar-refractivity contribution in [3.63, 3.8) is 0 Å². The molecule has 0 radical (unpaired) electrons. The van der Waals surface area contributed by atoms with E-state index in [1.54, 1.807) is 0 Å². The molecule has 0 atom stereocenters. The van der Waals surface area contributed by atoms with Gasteiger partial charge in [-0.3, -0.25) is 4.79 Å². The molecule has 1 aromatic heterocycles. The van der Waals surface area contributed by atoms with Crippen molar-refractivity contribution in [1.29, 1.82) is 0 Å². The average Bonchev–Trinajstić information content (AvgIpc) is 2.90. The fraction of sp³-hybridized carbons (Fsp3) is 0.500. The van der Waals surface area contributed by atoms with Gasteiger partial charge in [0.1, 0.15) is 10.6 Å². The summed E-state index contributed by atoms with van der Waals surface area (Å²) in [6, 6.07) is 1.32. The first-order valence-electron chi connectivity index (χ1n) is 5.41. The van der Waals surface area contributed by atoms with E-state index < -0.39 is 21.5 Å². The van der Waals surface area contributed by atoms with Crippen LogP contribution in [0.25, 0.3) is 0 Å². The Morgan fingerprint density at radius 2 is 2.22 bits per heavy atom. The number of carbonyl (C=O) groups is 1. The van der Waals surface area contributed by atoms with E-state index in [9.17, 15) is 13.2 Å². The summed E-state index contributed by atoms with van der Waals surface area (Å²) in [4.78, 5) is 11.1. The minimum atomic E-state index is -3.85. The molecule has 4 N–H and O–H groups in total. The number of aliphatic hydroxyl groups is 1. The molecule has 0 unspecified atom stereocenters. The molecular weight excluding hydrogens is 258 g/mol. The van der Waals surface area contributed by atoms with Gasteiger partial charge in [0.15, 0.2) is 0 Å². The number of hydrogen-bond donors (Lipinski definition) is 3. The number of aryl methyl sites for hydroxylation is 1. The van der Waals surface area contributed by atoms with Gasteiger partial charge in [-0.2, -0.15) is 0 Å². The Labute approximate surface area is 105 Å². The number of amides is 1. The first-order chi connectivity index (χ1) is 8.31. The lowest BCUT2D eigenvalue weighted by Crippen LogP contribution is -2.40. The second kappa shape index (κ2) is 4.08. The summed E-state index contributed by atoms with van der Waals surface area (Å²) in [5.74, 6) is -0.809. The molecule has 2 rings (SSSR count). The van der Waals surface area contributed by atoms with Gasteiger partial charge in [0, 0.05) is 13.2 Å². The molecule has 7 nitrogen and oxygen atoms in total. The zero-order valence-corrected chi connectivity index (χ0v) is 10.7. The highest BCUT2D eigenvalue weighted by atomic mass is 32.2. The maximum Gasteiger partial charge on any atom is 0.266 e. The number of primary amides is 1. The SMILES string of the molecule is Cn1ccc(S(=O)(=O)NC2(CO)CC2)c1C(N)=O. The zero-order chi connectivity index (χ0) is 13.6. The van der Waals surface area contributed by atoms with E-state index in [0.29, 0.717) is 12.8 Å². The predicted octanol–water partition coefficient (Wildman–Crippen LogP) is -1.07. The van der Waals surface area contributed by atoms with Crippen LogP contribution in [0, 0.1) is 0 Å². The van der Waals surface area contributed by atoms with Crippen LogP contribution in [0.5, 0.6) is 0 Å². The molecule has 1 amide bonds. The molecule has 0 saturated heterocycles. The Bertz CT molecular complexity index is 586. The normalized spacial score (nSPS) is 17.7. The molecule has 8 heteroatoms. The summed E-state index contributed by atoms with van der Waals surface area (Å²) >= 11 is 0. The van der Waals surface area contributed by atoms with Crippen LogP contribution in [0.3, 0.4) is 0 Å². The molecule has 0 bridgehead atoms. The van der Waals surface area contributed by atoms with E-state index in [2.05, 4.69) is 4.72 Å². The second-order valence-corrected chi connectivity index (χ2v) is 6.20. The summed E-state index contributed by atoms with van der Waals surface area (Å²) in [5, 5.41) is 9.13. The van der Waals surface area contributed by atoms with E-state index in [-0.39, 0.29) is 17.2 Å². The number of nitrogens with zero attached hydrogens (tertiary/aromatic N) is 1. The van der Waals surface area contributed by atoms with Crippen molar-refractivity contribution in [2.45, 2.75) is 23.3 Å². The van der Waals surface area contributed by atoms with E-state index in [1.807, 2.05) is 0 Å². The van der Waals surface area contributed by atoms with E-state index in [4.69, 9.17) is 10.8 Å². The number of aromatic nitrogens is 1. The van der Waals surface area contributed by atoms with Crippen LogP contribution < -0.4 is 10.5 Å². The van der Waals surface area contributed by atoms with Crippen LogP contribution in [-0.2, 0) is 17.1 Å². The van der Waals surface area contributed by atoms with Crippen LogP contribution in [-0.4, -0.2) is 36.1 Å². The fourth-order valence-electron chi connectivity index (χ4n) is 1.80. The monoisotopic (exact) mass is 273 g/mol. The molecule has 1 aromatic rings. The number of carbonyl (C=O) groups excluding carboxylic acids is 1. The van der Waals surface area contributed by atoms with Gasteiger partial charge in [-0.05, 0) is 18.9 Å². The second-order valence-electron chi connectivity index (χ2n) is 4.55. The van der Waals surface area contributed by atoms with Crippen molar-refractivity contribution in [2.75, 3.05) is 6.61 Å². The zero-order valence-electron chi connectivity index (χ0n) is 9.88. The van der Waals surface area contributed by atoms with Crippen LogP contribution in [0.15, 0.2) is 17.2 Å². The predicted molar refractivity (Wildman–Crippen MR) is 63.3 cm³/mol. The highest BCUT2D eigenvalue weighted by Crippen LogP contribution is 2.36. The highest BCUT2D eigenvalue weighted by Gasteiger charge is 2.46. The minimum absolute atomic E-state index is 0.0729. The fourth-order valence-corrected chi connectivity index (χ4v) is 3.49. The summed E-state index contributed by atoms with van der Waals surface area (Å²) in [7, 11) is -2.31. The highest BCUT2D eigenvalue weighted by molar-refractivity contribution is 7.89. The lowest BCUT2D eigenvalue weighted by molar-refractivity contribution is 0.0989. The topological polar surface area (TPSA) is 114 Å². The third-order valence-corrected chi connectivity index (χ3v) is 4.68. The van der Waals surface area contributed by atoms with Crippen LogP contribution >= 0.6 is 0 Å². The molecular formula is C10H15N3O4S. The smallest absolute Gasteiger partial charge is 0.266 e. The van der Waals surface area contributed by atoms with Gasteiger partial charge in [-0.25, -0.2) is 13.1 Å². The summed E-state index contributed by atoms with van der Waals surface area (Å²) in [6.45, 7) is -0.259. The van der Waals surface area contributed by atoms with Gasteiger partial charge < -0.3 is 15.4 Å². The Morgan fingerprint density at radius 3 is 2.67 bits per heavy atom. The number of nitrogens with two attached hydrogens (primary N) is 1. The standard InChI is InChI=1S/C10H15N3O4S/c1-13-5-2-7(8(13)9(11)15)18(16,17)12-10(6-14)3-4-10/h2,5,12,14H,3-4,6H2,1H3,(H2,11,15). The van der Waals surface area contributed by atoms with Crippen molar-refractivity contribution in [1.82, 2.24) is 9.29 Å². The third kappa shape index (κ3) is 2.14. The quantitative estimate of drug-likeness (QED) is 0.633. The van der Waals surface area contributed by atoms with Gasteiger partial charge in [0.05, 0.1) is 12.1 Å². The number of nitrogens with one attached hydrogen (secondary N) is 1. The molecule has 1 aliphatic rings. The molecule has 18 heavy (non-hydrogen) atoms. The number of rotatable bonds is 5. The van der Waals surface area contributed by atoms with E-state index in [0.717, 1.165) is 0 Å². The minimum Gasteiger partial charge on any atom is -0.394 e. The van der Waals surface area contributed by atoms with Gasteiger partial charge in [-0.15, -0.1) is 0 Å². The first kappa shape index (κ1) is 13.1. The van der Waals surface area contributed by atoms with Crippen LogP contribution in [0.1, 0.15) is 23.3 Å². The molecule has 0 aliphatic heterocycles. The Morgan fingerprint density at radius 1 is 1.61 bits per heavy atom. The molecule has 1 saturated carbocycles. The Balaban J connectivity index is 2.39. The lowest BCUT2D eigenvalue weighted by Gasteiger charge is -2.14. The van der Waals surface area contributed by atoms with Crippen LogP contribution in [0.4, 0.5) is 0 Å². The lowest BCUT2D eigenvalue weighted by atomic mass is 10.3. The van der Waals surface area contributed by atoms with Gasteiger partial charge >= 0.3 is 0 Å². The molecule has 1 heterocycles. The number of sulfonamides is 1. The molecule has 1 aliphatic carbocycles. The molecule has 0 aromatic carbocycles. The largest absolute Gasteiger partial charge is 0.394 e. The molecule has 100 valence electrons. The number of hydrogen-bond acceptors (Lipinski definition) is 4. The first-order valence-corrected chi connectivity index (χ1v) is 6.90. The molecule has 0 spiro atoms. The Hall–Kier alpha value is -1.38. The molecule has 1 fully saturated rings. The summed E-state index contributed by atoms with van der Waals surface area (Å²) in [6.07, 6.45) is 2.62. The number of aliphatic hydroxyl groups excluding tert-OH is 1.